The Morgan fingerprint density at radius 3 is 2.36 bits per heavy atom. The summed E-state index contributed by atoms with van der Waals surface area (Å²) in [7, 11) is 0. The Balaban J connectivity index is 1.53. The predicted octanol–water partition coefficient (Wildman–Crippen LogP) is 2.43. The first-order chi connectivity index (χ1) is 13.6. The van der Waals surface area contributed by atoms with E-state index < -0.39 is 11.6 Å². The summed E-state index contributed by atoms with van der Waals surface area (Å²) in [5.41, 5.74) is 0.681. The number of halogens is 1. The van der Waals surface area contributed by atoms with Crippen LogP contribution in [0.15, 0.2) is 60.9 Å². The van der Waals surface area contributed by atoms with Gasteiger partial charge in [-0.25, -0.2) is 4.68 Å². The van der Waals surface area contributed by atoms with Gasteiger partial charge in [0.15, 0.2) is 6.04 Å². The highest BCUT2D eigenvalue weighted by atomic mass is 35.5. The standard InChI is InChI=1S/C20H20ClN5O2/c21-17-8-6-16(7-9-17)20(28)10-12-25(13-11-20)19(27)18(26-14-22-23-24-26)15-4-2-1-3-5-15/h1-9,14,18,28H,10-13H2/t18-/m1/s1. The van der Waals surface area contributed by atoms with E-state index in [0.29, 0.717) is 31.0 Å². The summed E-state index contributed by atoms with van der Waals surface area (Å²) in [5.74, 6) is -0.0864. The summed E-state index contributed by atoms with van der Waals surface area (Å²) in [6, 6.07) is 16.0. The molecule has 0 aliphatic carbocycles. The van der Waals surface area contributed by atoms with Crippen LogP contribution in [0.2, 0.25) is 5.02 Å². The number of rotatable bonds is 4. The van der Waals surface area contributed by atoms with E-state index in [-0.39, 0.29) is 5.91 Å². The molecule has 144 valence electrons. The molecule has 1 saturated heterocycles. The second kappa shape index (κ2) is 7.69. The van der Waals surface area contributed by atoms with Crippen LogP contribution in [0.5, 0.6) is 0 Å². The molecule has 2 aromatic carbocycles. The van der Waals surface area contributed by atoms with E-state index in [2.05, 4.69) is 15.5 Å². The van der Waals surface area contributed by atoms with Crippen LogP contribution < -0.4 is 0 Å². The van der Waals surface area contributed by atoms with E-state index in [4.69, 9.17) is 11.6 Å². The first-order valence-corrected chi connectivity index (χ1v) is 9.49. The van der Waals surface area contributed by atoms with Gasteiger partial charge in [0, 0.05) is 18.1 Å². The molecular weight excluding hydrogens is 378 g/mol. The molecule has 1 N–H and O–H groups in total. The zero-order valence-electron chi connectivity index (χ0n) is 15.1. The normalized spacial score (nSPS) is 17.3. The van der Waals surface area contributed by atoms with Gasteiger partial charge in [-0.05, 0) is 46.5 Å². The Labute approximate surface area is 167 Å². The minimum absolute atomic E-state index is 0.0864. The number of carbonyl (C=O) groups excluding carboxylic acids is 1. The number of amides is 1. The fraction of sp³-hybridized carbons (Fsp3) is 0.300. The predicted molar refractivity (Wildman–Crippen MR) is 104 cm³/mol. The van der Waals surface area contributed by atoms with Gasteiger partial charge < -0.3 is 10.0 Å². The molecule has 2 heterocycles. The fourth-order valence-electron chi connectivity index (χ4n) is 3.65. The third-order valence-corrected chi connectivity index (χ3v) is 5.51. The summed E-state index contributed by atoms with van der Waals surface area (Å²) >= 11 is 5.95. The third kappa shape index (κ3) is 3.63. The second-order valence-corrected chi connectivity index (χ2v) is 7.40. The molecule has 0 spiro atoms. The van der Waals surface area contributed by atoms with Gasteiger partial charge in [-0.15, -0.1) is 5.10 Å². The fourth-order valence-corrected chi connectivity index (χ4v) is 3.78. The Hall–Kier alpha value is -2.77. The lowest BCUT2D eigenvalue weighted by atomic mass is 9.84. The number of piperidine rings is 1. The average molecular weight is 398 g/mol. The summed E-state index contributed by atoms with van der Waals surface area (Å²) in [5, 5.41) is 23.0. The maximum absolute atomic E-state index is 13.3. The van der Waals surface area contributed by atoms with E-state index in [1.54, 1.807) is 17.0 Å². The van der Waals surface area contributed by atoms with Crippen LogP contribution in [0.4, 0.5) is 0 Å². The van der Waals surface area contributed by atoms with Crippen LogP contribution >= 0.6 is 11.6 Å². The van der Waals surface area contributed by atoms with Crippen molar-refractivity contribution >= 4 is 17.5 Å². The molecule has 1 atom stereocenters. The maximum atomic E-state index is 13.3. The Morgan fingerprint density at radius 1 is 1.07 bits per heavy atom. The number of tetrazole rings is 1. The second-order valence-electron chi connectivity index (χ2n) is 6.97. The molecule has 0 radical (unpaired) electrons. The van der Waals surface area contributed by atoms with Crippen molar-refractivity contribution in [2.24, 2.45) is 0 Å². The van der Waals surface area contributed by atoms with Crippen molar-refractivity contribution < 1.29 is 9.90 Å². The van der Waals surface area contributed by atoms with Crippen LogP contribution in [-0.2, 0) is 10.4 Å². The quantitative estimate of drug-likeness (QED) is 0.730. The van der Waals surface area contributed by atoms with Gasteiger partial charge in [-0.3, -0.25) is 4.79 Å². The topological polar surface area (TPSA) is 84.1 Å². The Kier molecular flexibility index (Phi) is 5.11. The zero-order chi connectivity index (χ0) is 19.6. The maximum Gasteiger partial charge on any atom is 0.252 e. The molecule has 1 aliphatic rings. The number of likely N-dealkylation sites (tertiary alicyclic amines) is 1. The van der Waals surface area contributed by atoms with Crippen LogP contribution in [-0.4, -0.2) is 49.2 Å². The largest absolute Gasteiger partial charge is 0.385 e. The van der Waals surface area contributed by atoms with Crippen molar-refractivity contribution in [3.63, 3.8) is 0 Å². The van der Waals surface area contributed by atoms with Crippen LogP contribution in [0, 0.1) is 0 Å². The first-order valence-electron chi connectivity index (χ1n) is 9.11. The lowest BCUT2D eigenvalue weighted by Gasteiger charge is -2.39. The van der Waals surface area contributed by atoms with Crippen molar-refractivity contribution in [1.29, 1.82) is 0 Å². The van der Waals surface area contributed by atoms with E-state index in [0.717, 1.165) is 11.1 Å². The highest BCUT2D eigenvalue weighted by Gasteiger charge is 2.38. The van der Waals surface area contributed by atoms with Gasteiger partial charge in [-0.1, -0.05) is 54.1 Å². The van der Waals surface area contributed by atoms with Crippen molar-refractivity contribution in [2.45, 2.75) is 24.5 Å². The van der Waals surface area contributed by atoms with E-state index in [9.17, 15) is 9.90 Å². The van der Waals surface area contributed by atoms with Crippen LogP contribution in [0.3, 0.4) is 0 Å². The third-order valence-electron chi connectivity index (χ3n) is 5.26. The molecule has 8 heteroatoms. The number of aromatic nitrogens is 4. The van der Waals surface area contributed by atoms with Gasteiger partial charge in [0.05, 0.1) is 5.60 Å². The number of hydrogen-bond acceptors (Lipinski definition) is 5. The lowest BCUT2D eigenvalue weighted by molar-refractivity contribution is -0.138. The van der Waals surface area contributed by atoms with Crippen LogP contribution in [0.1, 0.15) is 30.0 Å². The van der Waals surface area contributed by atoms with Gasteiger partial charge in [0.2, 0.25) is 0 Å². The summed E-state index contributed by atoms with van der Waals surface area (Å²) in [4.78, 5) is 15.1. The molecule has 1 aromatic heterocycles. The molecule has 3 aromatic rings. The monoisotopic (exact) mass is 397 g/mol. The molecular formula is C20H20ClN5O2. The molecule has 0 unspecified atom stereocenters. The molecule has 0 bridgehead atoms. The van der Waals surface area contributed by atoms with Crippen molar-refractivity contribution in [3.8, 4) is 0 Å². The highest BCUT2D eigenvalue weighted by molar-refractivity contribution is 6.30. The summed E-state index contributed by atoms with van der Waals surface area (Å²) in [6.45, 7) is 0.896. The average Bonchev–Trinajstić information content (AvgIpc) is 3.24. The summed E-state index contributed by atoms with van der Waals surface area (Å²) in [6.07, 6.45) is 2.36. The number of nitrogens with zero attached hydrogens (tertiary/aromatic N) is 5. The minimum Gasteiger partial charge on any atom is -0.385 e. The first kappa shape index (κ1) is 18.6. The number of aliphatic hydroxyl groups is 1. The molecule has 4 rings (SSSR count). The number of hydrogen-bond donors (Lipinski definition) is 1. The SMILES string of the molecule is O=C([C@@H](c1ccccc1)n1cnnn1)N1CCC(O)(c2ccc(Cl)cc2)CC1. The van der Waals surface area contributed by atoms with Gasteiger partial charge in [0.1, 0.15) is 6.33 Å². The van der Waals surface area contributed by atoms with Gasteiger partial charge in [-0.2, -0.15) is 0 Å². The van der Waals surface area contributed by atoms with Crippen molar-refractivity contribution in [2.75, 3.05) is 13.1 Å². The van der Waals surface area contributed by atoms with Crippen LogP contribution in [0.25, 0.3) is 0 Å². The molecule has 1 aliphatic heterocycles. The summed E-state index contributed by atoms with van der Waals surface area (Å²) < 4.78 is 1.47. The molecule has 0 saturated carbocycles. The van der Waals surface area contributed by atoms with E-state index in [1.807, 2.05) is 42.5 Å². The van der Waals surface area contributed by atoms with E-state index >= 15 is 0 Å². The molecule has 28 heavy (non-hydrogen) atoms. The van der Waals surface area contributed by atoms with Crippen molar-refractivity contribution in [3.05, 3.63) is 77.1 Å². The molecule has 1 fully saturated rings. The Bertz CT molecular complexity index is 923. The smallest absolute Gasteiger partial charge is 0.252 e. The lowest BCUT2D eigenvalue weighted by Crippen LogP contribution is -2.47. The van der Waals surface area contributed by atoms with Gasteiger partial charge >= 0.3 is 0 Å². The zero-order valence-corrected chi connectivity index (χ0v) is 15.9. The molecule has 1 amide bonds. The van der Waals surface area contributed by atoms with Gasteiger partial charge in [0.25, 0.3) is 5.91 Å². The number of benzene rings is 2. The number of carbonyl (C=O) groups is 1. The molecule has 7 nitrogen and oxygen atoms in total. The highest BCUT2D eigenvalue weighted by Crippen LogP contribution is 2.34. The van der Waals surface area contributed by atoms with Crippen molar-refractivity contribution in [1.82, 2.24) is 25.1 Å². The Morgan fingerprint density at radius 2 is 1.75 bits per heavy atom. The minimum atomic E-state index is -0.960. The van der Waals surface area contributed by atoms with E-state index in [1.165, 1.54) is 11.0 Å².